The zero-order valence-electron chi connectivity index (χ0n) is 7.84. The Morgan fingerprint density at radius 2 is 2.38 bits per heavy atom. The molecule has 0 radical (unpaired) electrons. The van der Waals surface area contributed by atoms with Crippen molar-refractivity contribution in [1.29, 1.82) is 0 Å². The maximum atomic E-state index is 11.6. The molecule has 2 aliphatic heterocycles. The molecular weight excluding hydrogens is 170 g/mol. The molecule has 4 heteroatoms. The van der Waals surface area contributed by atoms with Crippen molar-refractivity contribution in [1.82, 2.24) is 5.32 Å². The summed E-state index contributed by atoms with van der Waals surface area (Å²) >= 11 is 0. The molecular formula is C9H15NO3. The average molecular weight is 185 g/mol. The maximum absolute atomic E-state index is 11.6. The Labute approximate surface area is 77.6 Å². The molecule has 74 valence electrons. The molecule has 0 aromatic carbocycles. The number of hydrogen-bond donors (Lipinski definition) is 1. The fourth-order valence-corrected chi connectivity index (χ4v) is 1.54. The Balaban J connectivity index is 1.83. The van der Waals surface area contributed by atoms with Crippen molar-refractivity contribution in [2.75, 3.05) is 26.3 Å². The van der Waals surface area contributed by atoms with Crippen molar-refractivity contribution in [3.63, 3.8) is 0 Å². The second kappa shape index (κ2) is 3.27. The molecule has 1 unspecified atom stereocenters. The van der Waals surface area contributed by atoms with Gasteiger partial charge in [0.2, 0.25) is 0 Å². The Bertz CT molecular complexity index is 207. The molecule has 1 atom stereocenters. The third-order valence-electron chi connectivity index (χ3n) is 2.68. The molecule has 4 nitrogen and oxygen atoms in total. The van der Waals surface area contributed by atoms with Crippen LogP contribution in [0.5, 0.6) is 0 Å². The molecule has 2 saturated heterocycles. The number of nitrogens with one attached hydrogen (secondary N) is 1. The van der Waals surface area contributed by atoms with Crippen LogP contribution < -0.4 is 5.32 Å². The summed E-state index contributed by atoms with van der Waals surface area (Å²) in [5, 5.41) is 3.08. The highest BCUT2D eigenvalue weighted by Gasteiger charge is 2.42. The Kier molecular flexibility index (Phi) is 2.26. The number of ether oxygens (including phenoxy) is 2. The average Bonchev–Trinajstić information content (AvgIpc) is 2.52. The third kappa shape index (κ3) is 1.69. The Hall–Kier alpha value is -0.610. The van der Waals surface area contributed by atoms with Crippen molar-refractivity contribution < 1.29 is 14.3 Å². The summed E-state index contributed by atoms with van der Waals surface area (Å²) in [4.78, 5) is 11.6. The van der Waals surface area contributed by atoms with Gasteiger partial charge in [0.25, 0.3) is 0 Å². The summed E-state index contributed by atoms with van der Waals surface area (Å²) in [6.45, 7) is 4.68. The number of carbonyl (C=O) groups excluding carboxylic acids is 1. The molecule has 0 aromatic heterocycles. The van der Waals surface area contributed by atoms with E-state index in [1.165, 1.54) is 0 Å². The summed E-state index contributed by atoms with van der Waals surface area (Å²) in [7, 11) is 0. The van der Waals surface area contributed by atoms with Gasteiger partial charge in [-0.3, -0.25) is 4.79 Å². The van der Waals surface area contributed by atoms with Crippen LogP contribution >= 0.6 is 0 Å². The minimum atomic E-state index is -0.289. The zero-order valence-corrected chi connectivity index (χ0v) is 7.84. The lowest BCUT2D eigenvalue weighted by Gasteiger charge is -2.37. The predicted octanol–water partition coefficient (Wildman–Crippen LogP) is -0.0720. The normalized spacial score (nSPS) is 31.0. The van der Waals surface area contributed by atoms with Crippen LogP contribution in [-0.4, -0.2) is 38.4 Å². The largest absolute Gasteiger partial charge is 0.459 e. The molecule has 0 aliphatic carbocycles. The van der Waals surface area contributed by atoms with E-state index in [-0.39, 0.29) is 17.5 Å². The molecule has 2 heterocycles. The summed E-state index contributed by atoms with van der Waals surface area (Å²) in [6.07, 6.45) is 0.833. The lowest BCUT2D eigenvalue weighted by Crippen LogP contribution is -2.57. The van der Waals surface area contributed by atoms with Crippen molar-refractivity contribution in [2.24, 2.45) is 5.41 Å². The van der Waals surface area contributed by atoms with E-state index < -0.39 is 0 Å². The van der Waals surface area contributed by atoms with Crippen LogP contribution in [0.1, 0.15) is 13.3 Å². The first kappa shape index (κ1) is 8.97. The number of hydrogen-bond acceptors (Lipinski definition) is 4. The molecule has 2 aliphatic rings. The molecule has 0 bridgehead atoms. The molecule has 13 heavy (non-hydrogen) atoms. The van der Waals surface area contributed by atoms with Crippen molar-refractivity contribution >= 4 is 5.97 Å². The highest BCUT2D eigenvalue weighted by atomic mass is 16.6. The third-order valence-corrected chi connectivity index (χ3v) is 2.68. The molecule has 0 amide bonds. The first-order valence-corrected chi connectivity index (χ1v) is 4.70. The maximum Gasteiger partial charge on any atom is 0.314 e. The van der Waals surface area contributed by atoms with Gasteiger partial charge in [0.1, 0.15) is 6.10 Å². The highest BCUT2D eigenvalue weighted by Crippen LogP contribution is 2.24. The van der Waals surface area contributed by atoms with Crippen molar-refractivity contribution in [3.05, 3.63) is 0 Å². The SMILES string of the molecule is CC1(C(=O)OC2CCOC2)CNC1. The second-order valence-electron chi connectivity index (χ2n) is 4.06. The van der Waals surface area contributed by atoms with Gasteiger partial charge >= 0.3 is 5.97 Å². The predicted molar refractivity (Wildman–Crippen MR) is 46.3 cm³/mol. The number of rotatable bonds is 2. The van der Waals surface area contributed by atoms with E-state index in [4.69, 9.17) is 9.47 Å². The standard InChI is InChI=1S/C9H15NO3/c1-9(5-10-6-9)8(11)13-7-2-3-12-4-7/h7,10H,2-6H2,1H3. The summed E-state index contributed by atoms with van der Waals surface area (Å²) in [5.41, 5.74) is -0.289. The van der Waals surface area contributed by atoms with Crippen molar-refractivity contribution in [2.45, 2.75) is 19.4 Å². The summed E-state index contributed by atoms with van der Waals surface area (Å²) < 4.78 is 10.4. The monoisotopic (exact) mass is 185 g/mol. The molecule has 0 spiro atoms. The quantitative estimate of drug-likeness (QED) is 0.612. The van der Waals surface area contributed by atoms with Gasteiger partial charge in [-0.2, -0.15) is 0 Å². The molecule has 0 saturated carbocycles. The highest BCUT2D eigenvalue weighted by molar-refractivity contribution is 5.78. The van der Waals surface area contributed by atoms with Gasteiger partial charge in [0, 0.05) is 19.5 Å². The van der Waals surface area contributed by atoms with Crippen LogP contribution in [0, 0.1) is 5.41 Å². The van der Waals surface area contributed by atoms with E-state index in [0.29, 0.717) is 13.2 Å². The zero-order chi connectivity index (χ0) is 9.31. The van der Waals surface area contributed by atoms with Crippen LogP contribution in [0.25, 0.3) is 0 Å². The van der Waals surface area contributed by atoms with Crippen LogP contribution in [0.2, 0.25) is 0 Å². The Morgan fingerprint density at radius 1 is 1.62 bits per heavy atom. The van der Waals surface area contributed by atoms with Crippen LogP contribution in [0.3, 0.4) is 0 Å². The summed E-state index contributed by atoms with van der Waals surface area (Å²) in [5.74, 6) is -0.0817. The van der Waals surface area contributed by atoms with E-state index in [2.05, 4.69) is 5.32 Å². The molecule has 2 rings (SSSR count). The van der Waals surface area contributed by atoms with Gasteiger partial charge in [-0.25, -0.2) is 0 Å². The van der Waals surface area contributed by atoms with Gasteiger partial charge in [-0.05, 0) is 6.92 Å². The van der Waals surface area contributed by atoms with Gasteiger partial charge in [-0.1, -0.05) is 0 Å². The fraction of sp³-hybridized carbons (Fsp3) is 0.889. The number of carbonyl (C=O) groups is 1. The smallest absolute Gasteiger partial charge is 0.314 e. The first-order valence-electron chi connectivity index (χ1n) is 4.70. The Morgan fingerprint density at radius 3 is 2.85 bits per heavy atom. The van der Waals surface area contributed by atoms with E-state index in [0.717, 1.165) is 19.5 Å². The molecule has 0 aromatic rings. The van der Waals surface area contributed by atoms with E-state index in [1.54, 1.807) is 0 Å². The van der Waals surface area contributed by atoms with E-state index in [9.17, 15) is 4.79 Å². The van der Waals surface area contributed by atoms with Gasteiger partial charge < -0.3 is 14.8 Å². The minimum absolute atomic E-state index is 0.00933. The topological polar surface area (TPSA) is 47.6 Å². The van der Waals surface area contributed by atoms with E-state index in [1.807, 2.05) is 6.92 Å². The van der Waals surface area contributed by atoms with E-state index >= 15 is 0 Å². The first-order chi connectivity index (χ1) is 6.21. The summed E-state index contributed by atoms with van der Waals surface area (Å²) in [6, 6.07) is 0. The molecule has 1 N–H and O–H groups in total. The lowest BCUT2D eigenvalue weighted by atomic mass is 9.84. The van der Waals surface area contributed by atoms with Gasteiger partial charge in [0.05, 0.1) is 18.6 Å². The van der Waals surface area contributed by atoms with Crippen molar-refractivity contribution in [3.8, 4) is 0 Å². The van der Waals surface area contributed by atoms with Gasteiger partial charge in [0.15, 0.2) is 0 Å². The fourth-order valence-electron chi connectivity index (χ4n) is 1.54. The molecule has 2 fully saturated rings. The second-order valence-corrected chi connectivity index (χ2v) is 4.06. The van der Waals surface area contributed by atoms with Gasteiger partial charge in [-0.15, -0.1) is 0 Å². The lowest BCUT2D eigenvalue weighted by molar-refractivity contribution is -0.163. The minimum Gasteiger partial charge on any atom is -0.459 e. The van der Waals surface area contributed by atoms with Crippen LogP contribution in [0.4, 0.5) is 0 Å². The van der Waals surface area contributed by atoms with Crippen LogP contribution in [-0.2, 0) is 14.3 Å². The van der Waals surface area contributed by atoms with Crippen LogP contribution in [0.15, 0.2) is 0 Å². The number of esters is 1.